The molecule has 0 aliphatic rings. The highest BCUT2D eigenvalue weighted by Crippen LogP contribution is 2.17. The first-order valence-corrected chi connectivity index (χ1v) is 11.4. The minimum Gasteiger partial charge on any atom is -0.497 e. The van der Waals surface area contributed by atoms with E-state index < -0.39 is 10.0 Å². The van der Waals surface area contributed by atoms with E-state index in [1.54, 1.807) is 12.1 Å². The summed E-state index contributed by atoms with van der Waals surface area (Å²) in [5, 5.41) is 3.87. The largest absolute Gasteiger partial charge is 0.497 e. The van der Waals surface area contributed by atoms with Gasteiger partial charge in [-0.1, -0.05) is 29.8 Å². The lowest BCUT2D eigenvalue weighted by Crippen LogP contribution is -2.34. The summed E-state index contributed by atoms with van der Waals surface area (Å²) in [5.74, 6) is 1.35. The Bertz CT molecular complexity index is 1050. The van der Waals surface area contributed by atoms with Gasteiger partial charge in [0.1, 0.15) is 11.6 Å². The van der Waals surface area contributed by atoms with Gasteiger partial charge in [-0.3, -0.25) is 0 Å². The normalized spacial score (nSPS) is 12.5. The van der Waals surface area contributed by atoms with Gasteiger partial charge in [-0.25, -0.2) is 18.1 Å². The van der Waals surface area contributed by atoms with Gasteiger partial charge in [0, 0.05) is 30.5 Å². The molecule has 29 heavy (non-hydrogen) atoms. The Balaban J connectivity index is 1.54. The van der Waals surface area contributed by atoms with Crippen LogP contribution in [-0.4, -0.2) is 37.5 Å². The van der Waals surface area contributed by atoms with Gasteiger partial charge in [0.2, 0.25) is 15.2 Å². The van der Waals surface area contributed by atoms with Crippen molar-refractivity contribution in [3.63, 3.8) is 0 Å². The SMILES string of the molecule is COc1ccc(S(=O)(=O)NCC(C)Nc2nc(Cc3cccc(C)c3)ns2)cc1. The third kappa shape index (κ3) is 5.99. The first-order valence-electron chi connectivity index (χ1n) is 9.14. The number of anilines is 1. The third-order valence-corrected chi connectivity index (χ3v) is 6.36. The minimum atomic E-state index is -3.59. The Morgan fingerprint density at radius 1 is 1.17 bits per heavy atom. The third-order valence-electron chi connectivity index (χ3n) is 4.23. The van der Waals surface area contributed by atoms with Crippen LogP contribution >= 0.6 is 11.5 Å². The lowest BCUT2D eigenvalue weighted by atomic mass is 10.1. The molecule has 3 aromatic rings. The van der Waals surface area contributed by atoms with Crippen molar-refractivity contribution in [2.24, 2.45) is 0 Å². The maximum Gasteiger partial charge on any atom is 0.240 e. The minimum absolute atomic E-state index is 0.150. The summed E-state index contributed by atoms with van der Waals surface area (Å²) in [4.78, 5) is 4.70. The number of benzene rings is 2. The number of rotatable bonds is 9. The average molecular weight is 433 g/mol. The Kier molecular flexibility index (Phi) is 6.83. The van der Waals surface area contributed by atoms with Crippen molar-refractivity contribution in [1.29, 1.82) is 0 Å². The highest BCUT2D eigenvalue weighted by atomic mass is 32.2. The number of hydrogen-bond acceptors (Lipinski definition) is 7. The molecular formula is C20H24N4O3S2. The Hall–Kier alpha value is -2.49. The molecule has 1 unspecified atom stereocenters. The molecule has 0 saturated carbocycles. The van der Waals surface area contributed by atoms with Crippen LogP contribution in [0.25, 0.3) is 0 Å². The van der Waals surface area contributed by atoms with E-state index in [0.29, 0.717) is 17.3 Å². The first kappa shape index (κ1) is 21.2. The van der Waals surface area contributed by atoms with Gasteiger partial charge in [-0.15, -0.1) is 0 Å². The zero-order valence-electron chi connectivity index (χ0n) is 16.5. The fourth-order valence-electron chi connectivity index (χ4n) is 2.72. The summed E-state index contributed by atoms with van der Waals surface area (Å²) in [6, 6.07) is 14.4. The highest BCUT2D eigenvalue weighted by molar-refractivity contribution is 7.89. The molecule has 1 aromatic heterocycles. The number of hydrogen-bond donors (Lipinski definition) is 2. The van der Waals surface area contributed by atoms with Crippen LogP contribution in [0.5, 0.6) is 5.75 Å². The van der Waals surface area contributed by atoms with Crippen molar-refractivity contribution in [3.05, 3.63) is 65.5 Å². The van der Waals surface area contributed by atoms with E-state index in [9.17, 15) is 8.42 Å². The van der Waals surface area contributed by atoms with Crippen molar-refractivity contribution in [2.45, 2.75) is 31.2 Å². The second-order valence-corrected chi connectivity index (χ2v) is 9.27. The summed E-state index contributed by atoms with van der Waals surface area (Å²) in [6.45, 7) is 4.17. The van der Waals surface area contributed by atoms with Crippen molar-refractivity contribution in [1.82, 2.24) is 14.1 Å². The first-order chi connectivity index (χ1) is 13.9. The molecule has 1 atom stereocenters. The van der Waals surface area contributed by atoms with Crippen LogP contribution in [-0.2, 0) is 16.4 Å². The molecule has 154 valence electrons. The number of aryl methyl sites for hydroxylation is 1. The van der Waals surface area contributed by atoms with E-state index in [1.165, 1.54) is 36.3 Å². The summed E-state index contributed by atoms with van der Waals surface area (Å²) in [7, 11) is -2.05. The van der Waals surface area contributed by atoms with Gasteiger partial charge in [0.25, 0.3) is 0 Å². The second-order valence-electron chi connectivity index (χ2n) is 6.75. The van der Waals surface area contributed by atoms with Crippen LogP contribution in [0.2, 0.25) is 0 Å². The van der Waals surface area contributed by atoms with Crippen LogP contribution in [0.4, 0.5) is 5.13 Å². The number of nitrogens with zero attached hydrogens (tertiary/aromatic N) is 2. The lowest BCUT2D eigenvalue weighted by molar-refractivity contribution is 0.414. The Morgan fingerprint density at radius 3 is 2.62 bits per heavy atom. The van der Waals surface area contributed by atoms with Gasteiger partial charge >= 0.3 is 0 Å². The molecular weight excluding hydrogens is 408 g/mol. The Morgan fingerprint density at radius 2 is 1.93 bits per heavy atom. The molecule has 1 heterocycles. The van der Waals surface area contributed by atoms with Crippen molar-refractivity contribution in [3.8, 4) is 5.75 Å². The van der Waals surface area contributed by atoms with E-state index in [0.717, 1.165) is 11.4 Å². The molecule has 0 fully saturated rings. The molecule has 0 amide bonds. The molecule has 7 nitrogen and oxygen atoms in total. The molecule has 0 bridgehead atoms. The molecule has 0 radical (unpaired) electrons. The predicted molar refractivity (Wildman–Crippen MR) is 115 cm³/mol. The van der Waals surface area contributed by atoms with Gasteiger partial charge in [-0.2, -0.15) is 4.37 Å². The standard InChI is InChI=1S/C20H24N4O3S2/c1-14-5-4-6-16(11-14)12-19-23-20(28-24-19)22-15(2)13-21-29(25,26)18-9-7-17(27-3)8-10-18/h4-11,15,21H,12-13H2,1-3H3,(H,22,23,24). The smallest absolute Gasteiger partial charge is 0.240 e. The monoisotopic (exact) mass is 432 g/mol. The maximum absolute atomic E-state index is 12.4. The van der Waals surface area contributed by atoms with Gasteiger partial charge < -0.3 is 10.1 Å². The van der Waals surface area contributed by atoms with Crippen molar-refractivity contribution >= 4 is 26.7 Å². The Labute approximate surface area is 175 Å². The average Bonchev–Trinajstić information content (AvgIpc) is 3.13. The highest BCUT2D eigenvalue weighted by Gasteiger charge is 2.16. The van der Waals surface area contributed by atoms with Gasteiger partial charge in [0.05, 0.1) is 12.0 Å². The summed E-state index contributed by atoms with van der Waals surface area (Å²) < 4.78 is 36.9. The van der Waals surface area contributed by atoms with Crippen molar-refractivity contribution < 1.29 is 13.2 Å². The van der Waals surface area contributed by atoms with Crippen LogP contribution in [0.1, 0.15) is 23.9 Å². The maximum atomic E-state index is 12.4. The molecule has 2 N–H and O–H groups in total. The molecule has 0 saturated heterocycles. The fourth-order valence-corrected chi connectivity index (χ4v) is 4.55. The zero-order valence-corrected chi connectivity index (χ0v) is 18.2. The van der Waals surface area contributed by atoms with Crippen LogP contribution in [0.3, 0.4) is 0 Å². The van der Waals surface area contributed by atoms with E-state index in [2.05, 4.69) is 44.5 Å². The number of sulfonamides is 1. The van der Waals surface area contributed by atoms with Crippen LogP contribution in [0.15, 0.2) is 53.4 Å². The summed E-state index contributed by atoms with van der Waals surface area (Å²) in [6.07, 6.45) is 0.665. The fraction of sp³-hybridized carbons (Fsp3) is 0.300. The number of nitrogens with one attached hydrogen (secondary N) is 2. The molecule has 0 spiro atoms. The molecule has 0 aliphatic heterocycles. The van der Waals surface area contributed by atoms with Crippen molar-refractivity contribution in [2.75, 3.05) is 19.0 Å². The van der Waals surface area contributed by atoms with Crippen LogP contribution in [0, 0.1) is 6.92 Å². The lowest BCUT2D eigenvalue weighted by Gasteiger charge is -2.14. The molecule has 3 rings (SSSR count). The van der Waals surface area contributed by atoms with E-state index in [-0.39, 0.29) is 17.5 Å². The van der Waals surface area contributed by atoms with E-state index in [4.69, 9.17) is 4.74 Å². The molecule has 9 heteroatoms. The number of aromatic nitrogens is 2. The van der Waals surface area contributed by atoms with E-state index >= 15 is 0 Å². The summed E-state index contributed by atoms with van der Waals surface area (Å²) >= 11 is 1.27. The number of methoxy groups -OCH3 is 1. The van der Waals surface area contributed by atoms with Gasteiger partial charge in [0.15, 0.2) is 0 Å². The zero-order chi connectivity index (χ0) is 20.9. The topological polar surface area (TPSA) is 93.2 Å². The predicted octanol–water partition coefficient (Wildman–Crippen LogP) is 3.22. The molecule has 2 aromatic carbocycles. The number of ether oxygens (including phenoxy) is 1. The molecule has 0 aliphatic carbocycles. The summed E-state index contributed by atoms with van der Waals surface area (Å²) in [5.41, 5.74) is 2.36. The van der Waals surface area contributed by atoms with Crippen LogP contribution < -0.4 is 14.8 Å². The second kappa shape index (κ2) is 9.34. The van der Waals surface area contributed by atoms with E-state index in [1.807, 2.05) is 13.0 Å². The van der Waals surface area contributed by atoms with Gasteiger partial charge in [-0.05, 0) is 43.7 Å². The quantitative estimate of drug-likeness (QED) is 0.539.